The first-order valence-electron chi connectivity index (χ1n) is 9.70. The van der Waals surface area contributed by atoms with E-state index >= 15 is 0 Å². The number of nitrogens with one attached hydrogen (secondary N) is 1. The molecule has 0 fully saturated rings. The number of carbonyl (C=O) groups excluding carboxylic acids is 1. The Labute approximate surface area is 167 Å². The number of hydrogen-bond donors (Lipinski definition) is 1. The molecule has 1 aliphatic rings. The van der Waals surface area contributed by atoms with Gasteiger partial charge in [-0.25, -0.2) is 4.98 Å². The second kappa shape index (κ2) is 8.14. The van der Waals surface area contributed by atoms with E-state index in [1.807, 2.05) is 31.2 Å². The van der Waals surface area contributed by atoms with Crippen LogP contribution in [0.4, 0.5) is 0 Å². The van der Waals surface area contributed by atoms with Crippen molar-refractivity contribution >= 4 is 22.2 Å². The Bertz CT molecular complexity index is 1070. The third-order valence-corrected chi connectivity index (χ3v) is 6.17. The number of aryl methyl sites for hydroxylation is 2. The topological polar surface area (TPSA) is 72.7 Å². The number of aromatic nitrogens is 2. The smallest absolute Gasteiger partial charge is 0.271 e. The lowest BCUT2D eigenvalue weighted by atomic mass is 10.2. The molecule has 0 atom stereocenters. The molecule has 3 aromatic rings. The fraction of sp³-hybridized carbons (Fsp3) is 0.381. The van der Waals surface area contributed by atoms with Crippen molar-refractivity contribution < 1.29 is 9.53 Å². The molecule has 0 saturated carbocycles. The van der Waals surface area contributed by atoms with Crippen LogP contribution < -0.4 is 15.6 Å². The van der Waals surface area contributed by atoms with Gasteiger partial charge >= 0.3 is 0 Å². The van der Waals surface area contributed by atoms with Gasteiger partial charge in [-0.15, -0.1) is 11.3 Å². The van der Waals surface area contributed by atoms with Crippen LogP contribution in [0.15, 0.2) is 35.3 Å². The molecule has 1 aromatic carbocycles. The summed E-state index contributed by atoms with van der Waals surface area (Å²) in [4.78, 5) is 32.0. The van der Waals surface area contributed by atoms with Crippen molar-refractivity contribution in [3.05, 3.63) is 62.5 Å². The quantitative estimate of drug-likeness (QED) is 0.670. The molecule has 7 heteroatoms. The number of benzene rings is 1. The summed E-state index contributed by atoms with van der Waals surface area (Å²) >= 11 is 1.57. The second-order valence-electron chi connectivity index (χ2n) is 6.85. The van der Waals surface area contributed by atoms with Crippen LogP contribution in [-0.2, 0) is 19.4 Å². The maximum absolute atomic E-state index is 13.0. The molecular weight excluding hydrogens is 374 g/mol. The van der Waals surface area contributed by atoms with E-state index < -0.39 is 5.91 Å². The van der Waals surface area contributed by atoms with Crippen molar-refractivity contribution in [3.63, 3.8) is 0 Å². The lowest BCUT2D eigenvalue weighted by Gasteiger charge is -2.11. The Morgan fingerprint density at radius 1 is 1.25 bits per heavy atom. The predicted molar refractivity (Wildman–Crippen MR) is 109 cm³/mol. The Morgan fingerprint density at radius 3 is 2.93 bits per heavy atom. The van der Waals surface area contributed by atoms with Gasteiger partial charge in [-0.2, -0.15) is 0 Å². The predicted octanol–water partition coefficient (Wildman–Crippen LogP) is 3.35. The van der Waals surface area contributed by atoms with Crippen molar-refractivity contribution in [2.45, 2.75) is 45.6 Å². The summed E-state index contributed by atoms with van der Waals surface area (Å²) in [5.74, 6) is 0.325. The summed E-state index contributed by atoms with van der Waals surface area (Å²) in [5, 5.41) is 2.84. The zero-order valence-corrected chi connectivity index (χ0v) is 16.7. The van der Waals surface area contributed by atoms with Crippen LogP contribution in [0.2, 0.25) is 0 Å². The highest BCUT2D eigenvalue weighted by Gasteiger charge is 2.20. The number of para-hydroxylation sites is 1. The van der Waals surface area contributed by atoms with Gasteiger partial charge in [-0.3, -0.25) is 14.0 Å². The highest BCUT2D eigenvalue weighted by atomic mass is 32.1. The summed E-state index contributed by atoms with van der Waals surface area (Å²) in [6, 6.07) is 7.56. The normalized spacial score (nSPS) is 13.8. The molecule has 146 valence electrons. The van der Waals surface area contributed by atoms with Crippen LogP contribution in [0.25, 0.3) is 4.96 Å². The summed E-state index contributed by atoms with van der Waals surface area (Å²) in [6.07, 6.45) is 6.63. The van der Waals surface area contributed by atoms with Gasteiger partial charge in [0.25, 0.3) is 11.5 Å². The molecule has 0 spiro atoms. The maximum atomic E-state index is 13.0. The van der Waals surface area contributed by atoms with Gasteiger partial charge < -0.3 is 10.1 Å². The van der Waals surface area contributed by atoms with E-state index in [1.165, 1.54) is 17.5 Å². The van der Waals surface area contributed by atoms with E-state index in [0.29, 0.717) is 18.1 Å². The van der Waals surface area contributed by atoms with Crippen molar-refractivity contribution in [2.24, 2.45) is 0 Å². The molecule has 4 rings (SSSR count). The largest absolute Gasteiger partial charge is 0.494 e. The molecule has 1 N–H and O–H groups in total. The fourth-order valence-electron chi connectivity index (χ4n) is 3.62. The van der Waals surface area contributed by atoms with E-state index in [0.717, 1.165) is 42.7 Å². The Hall–Kier alpha value is -2.67. The van der Waals surface area contributed by atoms with Crippen molar-refractivity contribution in [1.82, 2.24) is 14.7 Å². The van der Waals surface area contributed by atoms with E-state index in [-0.39, 0.29) is 11.1 Å². The van der Waals surface area contributed by atoms with E-state index in [9.17, 15) is 9.59 Å². The lowest BCUT2D eigenvalue weighted by molar-refractivity contribution is 0.0948. The van der Waals surface area contributed by atoms with Gasteiger partial charge in [0, 0.05) is 28.9 Å². The molecular formula is C21H23N3O3S. The number of amides is 1. The summed E-state index contributed by atoms with van der Waals surface area (Å²) < 4.78 is 7.24. The number of nitrogens with zero attached hydrogens (tertiary/aromatic N) is 2. The number of carbonyl (C=O) groups is 1. The van der Waals surface area contributed by atoms with Gasteiger partial charge in [0.05, 0.1) is 6.61 Å². The van der Waals surface area contributed by atoms with Crippen LogP contribution in [0, 0.1) is 0 Å². The van der Waals surface area contributed by atoms with Gasteiger partial charge in [-0.05, 0) is 38.7 Å². The minimum atomic E-state index is -0.410. The first kappa shape index (κ1) is 18.7. The summed E-state index contributed by atoms with van der Waals surface area (Å²) in [7, 11) is 0. The molecule has 0 bridgehead atoms. The number of hydrogen-bond acceptors (Lipinski definition) is 5. The Kier molecular flexibility index (Phi) is 5.43. The second-order valence-corrected chi connectivity index (χ2v) is 7.91. The minimum Gasteiger partial charge on any atom is -0.494 e. The SMILES string of the molecule is CCOc1ccccc1CNC(=O)c1cnc2sc3c(n2c1=O)CCCCC3. The Morgan fingerprint density at radius 2 is 2.07 bits per heavy atom. The standard InChI is InChI=1S/C21H23N3O3S/c1-2-27-17-10-7-6-8-14(17)12-22-19(25)15-13-23-21-24(20(15)26)16-9-4-3-5-11-18(16)28-21/h6-8,10,13H,2-5,9,11-12H2,1H3,(H,22,25). The van der Waals surface area contributed by atoms with Gasteiger partial charge in [0.1, 0.15) is 11.3 Å². The number of thiazole rings is 1. The minimum absolute atomic E-state index is 0.0798. The average Bonchev–Trinajstić information content (AvgIpc) is 2.90. The number of ether oxygens (including phenoxy) is 1. The van der Waals surface area contributed by atoms with Gasteiger partial charge in [0.2, 0.25) is 0 Å². The molecule has 2 heterocycles. The molecule has 28 heavy (non-hydrogen) atoms. The van der Waals surface area contributed by atoms with Crippen LogP contribution in [0.1, 0.15) is 52.7 Å². The van der Waals surface area contributed by atoms with Crippen LogP contribution in [0.3, 0.4) is 0 Å². The highest BCUT2D eigenvalue weighted by Crippen LogP contribution is 2.27. The molecule has 6 nitrogen and oxygen atoms in total. The monoisotopic (exact) mass is 397 g/mol. The van der Waals surface area contributed by atoms with Gasteiger partial charge in [0.15, 0.2) is 4.96 Å². The highest BCUT2D eigenvalue weighted by molar-refractivity contribution is 7.17. The van der Waals surface area contributed by atoms with Crippen LogP contribution in [-0.4, -0.2) is 21.9 Å². The van der Waals surface area contributed by atoms with Crippen molar-refractivity contribution in [2.75, 3.05) is 6.61 Å². The maximum Gasteiger partial charge on any atom is 0.271 e. The number of rotatable bonds is 5. The van der Waals surface area contributed by atoms with E-state index in [4.69, 9.17) is 4.74 Å². The molecule has 1 aliphatic carbocycles. The molecule has 0 saturated heterocycles. The summed E-state index contributed by atoms with van der Waals surface area (Å²) in [6.45, 7) is 2.76. The zero-order chi connectivity index (χ0) is 19.5. The molecule has 0 radical (unpaired) electrons. The molecule has 1 amide bonds. The van der Waals surface area contributed by atoms with Crippen molar-refractivity contribution in [1.29, 1.82) is 0 Å². The third kappa shape index (κ3) is 3.54. The molecule has 2 aromatic heterocycles. The zero-order valence-electron chi connectivity index (χ0n) is 15.9. The fourth-order valence-corrected chi connectivity index (χ4v) is 4.79. The third-order valence-electron chi connectivity index (χ3n) is 5.01. The first-order valence-corrected chi connectivity index (χ1v) is 10.5. The molecule has 0 unspecified atom stereocenters. The van der Waals surface area contributed by atoms with Gasteiger partial charge in [-0.1, -0.05) is 24.6 Å². The first-order chi connectivity index (χ1) is 13.7. The van der Waals surface area contributed by atoms with Crippen LogP contribution in [0.5, 0.6) is 5.75 Å². The average molecular weight is 398 g/mol. The van der Waals surface area contributed by atoms with E-state index in [2.05, 4.69) is 10.3 Å². The molecule has 0 aliphatic heterocycles. The van der Waals surface area contributed by atoms with E-state index in [1.54, 1.807) is 15.7 Å². The van der Waals surface area contributed by atoms with Crippen molar-refractivity contribution in [3.8, 4) is 5.75 Å². The summed E-state index contributed by atoms with van der Waals surface area (Å²) in [5.41, 5.74) is 1.71. The number of fused-ring (bicyclic) bond motifs is 3. The Balaban J connectivity index is 1.61. The van der Waals surface area contributed by atoms with Crippen LogP contribution >= 0.6 is 11.3 Å². The lowest BCUT2D eigenvalue weighted by Crippen LogP contribution is -2.31.